The molecule has 1 atom stereocenters. The number of rotatable bonds is 7. The summed E-state index contributed by atoms with van der Waals surface area (Å²) in [5, 5.41) is 5.66. The molecule has 1 amide bonds. The van der Waals surface area contributed by atoms with E-state index in [2.05, 4.69) is 10.6 Å². The molecule has 0 saturated heterocycles. The molecule has 0 aliphatic rings. The molecule has 1 aromatic carbocycles. The third-order valence-electron chi connectivity index (χ3n) is 2.52. The quantitative estimate of drug-likeness (QED) is 0.720. The van der Waals surface area contributed by atoms with Crippen LogP contribution in [0.1, 0.15) is 18.5 Å². The second-order valence-electron chi connectivity index (χ2n) is 3.98. The van der Waals surface area contributed by atoms with Gasteiger partial charge in [-0.15, -0.1) is 0 Å². The smallest absolute Gasteiger partial charge is 0.234 e. The number of hydrogen-bond acceptors (Lipinski definition) is 3. The lowest BCUT2D eigenvalue weighted by Gasteiger charge is -2.15. The van der Waals surface area contributed by atoms with E-state index in [0.717, 1.165) is 0 Å². The van der Waals surface area contributed by atoms with Crippen LogP contribution in [0.2, 0.25) is 0 Å². The van der Waals surface area contributed by atoms with Crippen molar-refractivity contribution in [1.29, 1.82) is 0 Å². The Bertz CT molecular complexity index is 385. The number of carbonyl (C=O) groups excluding carboxylic acids is 1. The summed E-state index contributed by atoms with van der Waals surface area (Å²) in [7, 11) is 1.60. The Labute approximate surface area is 107 Å². The molecule has 0 aromatic heterocycles. The topological polar surface area (TPSA) is 50.4 Å². The van der Waals surface area contributed by atoms with Gasteiger partial charge in [-0.25, -0.2) is 4.39 Å². The lowest BCUT2D eigenvalue weighted by atomic mass is 10.1. The minimum atomic E-state index is -0.345. The van der Waals surface area contributed by atoms with Crippen molar-refractivity contribution in [2.24, 2.45) is 0 Å². The van der Waals surface area contributed by atoms with Gasteiger partial charge in [0.15, 0.2) is 0 Å². The summed E-state index contributed by atoms with van der Waals surface area (Å²) in [5.41, 5.74) is 0.489. The van der Waals surface area contributed by atoms with Crippen LogP contribution in [-0.4, -0.2) is 32.7 Å². The van der Waals surface area contributed by atoms with Crippen LogP contribution >= 0.6 is 0 Å². The SMILES string of the molecule is COCCNCC(=O)NC(C)c1ccccc1F. The molecule has 0 saturated carbocycles. The van der Waals surface area contributed by atoms with Gasteiger partial charge in [0.05, 0.1) is 19.2 Å². The predicted molar refractivity (Wildman–Crippen MR) is 67.7 cm³/mol. The van der Waals surface area contributed by atoms with Crippen molar-refractivity contribution < 1.29 is 13.9 Å². The molecule has 0 aliphatic carbocycles. The summed E-state index contributed by atoms with van der Waals surface area (Å²) in [6, 6.07) is 6.08. The summed E-state index contributed by atoms with van der Waals surface area (Å²) >= 11 is 0. The molecule has 18 heavy (non-hydrogen) atoms. The van der Waals surface area contributed by atoms with Crippen molar-refractivity contribution in [1.82, 2.24) is 10.6 Å². The summed E-state index contributed by atoms with van der Waals surface area (Å²) < 4.78 is 18.3. The number of ether oxygens (including phenoxy) is 1. The molecule has 100 valence electrons. The first-order valence-corrected chi connectivity index (χ1v) is 5.88. The van der Waals surface area contributed by atoms with Gasteiger partial charge in [0.1, 0.15) is 5.82 Å². The summed E-state index contributed by atoms with van der Waals surface area (Å²) in [5.74, 6) is -0.473. The van der Waals surface area contributed by atoms with Gasteiger partial charge < -0.3 is 15.4 Å². The summed E-state index contributed by atoms with van der Waals surface area (Å²) in [6.07, 6.45) is 0. The van der Waals surface area contributed by atoms with Crippen molar-refractivity contribution in [3.63, 3.8) is 0 Å². The normalized spacial score (nSPS) is 12.2. The Balaban J connectivity index is 2.38. The largest absolute Gasteiger partial charge is 0.383 e. The number of amides is 1. The molecule has 5 heteroatoms. The van der Waals surface area contributed by atoms with Crippen LogP contribution in [0.25, 0.3) is 0 Å². The van der Waals surface area contributed by atoms with Gasteiger partial charge in [-0.2, -0.15) is 0 Å². The molecule has 0 spiro atoms. The van der Waals surface area contributed by atoms with E-state index in [0.29, 0.717) is 18.7 Å². The second kappa shape index (κ2) is 7.79. The molecule has 1 unspecified atom stereocenters. The summed E-state index contributed by atoms with van der Waals surface area (Å²) in [4.78, 5) is 11.6. The van der Waals surface area contributed by atoms with E-state index in [1.165, 1.54) is 6.07 Å². The first-order chi connectivity index (χ1) is 8.65. The highest BCUT2D eigenvalue weighted by Crippen LogP contribution is 2.15. The van der Waals surface area contributed by atoms with Gasteiger partial charge >= 0.3 is 0 Å². The monoisotopic (exact) mass is 254 g/mol. The number of hydrogen-bond donors (Lipinski definition) is 2. The third-order valence-corrected chi connectivity index (χ3v) is 2.52. The molecule has 0 aliphatic heterocycles. The molecule has 1 rings (SSSR count). The van der Waals surface area contributed by atoms with Gasteiger partial charge in [-0.1, -0.05) is 18.2 Å². The molecule has 4 nitrogen and oxygen atoms in total. The molecule has 0 heterocycles. The minimum absolute atomic E-state index is 0.165. The Morgan fingerprint density at radius 3 is 2.83 bits per heavy atom. The van der Waals surface area contributed by atoms with Crippen LogP contribution in [0.3, 0.4) is 0 Å². The Morgan fingerprint density at radius 2 is 2.17 bits per heavy atom. The van der Waals surface area contributed by atoms with Crippen molar-refractivity contribution in [3.8, 4) is 0 Å². The van der Waals surface area contributed by atoms with Crippen molar-refractivity contribution in [2.75, 3.05) is 26.8 Å². The van der Waals surface area contributed by atoms with Crippen LogP contribution in [0.5, 0.6) is 0 Å². The minimum Gasteiger partial charge on any atom is -0.383 e. The zero-order valence-electron chi connectivity index (χ0n) is 10.7. The average molecular weight is 254 g/mol. The molecule has 2 N–H and O–H groups in total. The van der Waals surface area contributed by atoms with Gasteiger partial charge in [-0.3, -0.25) is 4.79 Å². The van der Waals surface area contributed by atoms with Gasteiger partial charge in [0.2, 0.25) is 5.91 Å². The van der Waals surface area contributed by atoms with E-state index < -0.39 is 0 Å². The van der Waals surface area contributed by atoms with Gasteiger partial charge in [0, 0.05) is 19.2 Å². The van der Waals surface area contributed by atoms with Crippen LogP contribution in [0, 0.1) is 5.82 Å². The van der Waals surface area contributed by atoms with Crippen LogP contribution in [0.15, 0.2) is 24.3 Å². The number of nitrogens with one attached hydrogen (secondary N) is 2. The molecule has 1 aromatic rings. The van der Waals surface area contributed by atoms with E-state index in [1.807, 2.05) is 0 Å². The fourth-order valence-electron chi connectivity index (χ4n) is 1.57. The Kier molecular flexibility index (Phi) is 6.32. The molecular formula is C13H19FN2O2. The highest BCUT2D eigenvalue weighted by molar-refractivity contribution is 5.78. The Hall–Kier alpha value is -1.46. The van der Waals surface area contributed by atoms with Crippen LogP contribution in [0.4, 0.5) is 4.39 Å². The highest BCUT2D eigenvalue weighted by Gasteiger charge is 2.12. The fraction of sp³-hybridized carbons (Fsp3) is 0.462. The summed E-state index contributed by atoms with van der Waals surface area (Å²) in [6.45, 7) is 3.11. The highest BCUT2D eigenvalue weighted by atomic mass is 19.1. The van der Waals surface area contributed by atoms with Gasteiger partial charge in [-0.05, 0) is 13.0 Å². The van der Waals surface area contributed by atoms with E-state index in [-0.39, 0.29) is 24.3 Å². The standard InChI is InChI=1S/C13H19FN2O2/c1-10(11-5-3-4-6-12(11)14)16-13(17)9-15-7-8-18-2/h3-6,10,15H,7-9H2,1-2H3,(H,16,17). The number of benzene rings is 1. The van der Waals surface area contributed by atoms with E-state index >= 15 is 0 Å². The average Bonchev–Trinajstić information content (AvgIpc) is 2.35. The maximum absolute atomic E-state index is 13.5. The molecule has 0 fully saturated rings. The first-order valence-electron chi connectivity index (χ1n) is 5.88. The second-order valence-corrected chi connectivity index (χ2v) is 3.98. The zero-order valence-corrected chi connectivity index (χ0v) is 10.7. The molecule has 0 radical (unpaired) electrons. The Morgan fingerprint density at radius 1 is 1.44 bits per heavy atom. The molecule has 0 bridgehead atoms. The van der Waals surface area contributed by atoms with E-state index in [1.54, 1.807) is 32.2 Å². The fourth-order valence-corrected chi connectivity index (χ4v) is 1.57. The first kappa shape index (κ1) is 14.6. The van der Waals surface area contributed by atoms with Crippen molar-refractivity contribution >= 4 is 5.91 Å². The van der Waals surface area contributed by atoms with Crippen LogP contribution in [-0.2, 0) is 9.53 Å². The number of halogens is 1. The lowest BCUT2D eigenvalue weighted by Crippen LogP contribution is -2.36. The third kappa shape index (κ3) is 4.81. The predicted octanol–water partition coefficient (Wildman–Crippen LogP) is 1.24. The maximum atomic E-state index is 13.5. The number of methoxy groups -OCH3 is 1. The van der Waals surface area contributed by atoms with Crippen molar-refractivity contribution in [3.05, 3.63) is 35.6 Å². The van der Waals surface area contributed by atoms with Gasteiger partial charge in [0.25, 0.3) is 0 Å². The molecular weight excluding hydrogens is 235 g/mol. The van der Waals surface area contributed by atoms with E-state index in [4.69, 9.17) is 4.74 Å². The van der Waals surface area contributed by atoms with Crippen molar-refractivity contribution in [2.45, 2.75) is 13.0 Å². The number of carbonyl (C=O) groups is 1. The maximum Gasteiger partial charge on any atom is 0.234 e. The van der Waals surface area contributed by atoms with E-state index in [9.17, 15) is 9.18 Å². The zero-order chi connectivity index (χ0) is 13.4. The van der Waals surface area contributed by atoms with Crippen LogP contribution < -0.4 is 10.6 Å². The lowest BCUT2D eigenvalue weighted by molar-refractivity contribution is -0.120.